The zero-order valence-corrected chi connectivity index (χ0v) is 21.0. The Morgan fingerprint density at radius 3 is 2.76 bits per heavy atom. The van der Waals surface area contributed by atoms with Crippen LogP contribution in [0.15, 0.2) is 29.1 Å². The number of nitrogens with one attached hydrogen (secondary N) is 1. The summed E-state index contributed by atoms with van der Waals surface area (Å²) in [4.78, 5) is 40.9. The molecule has 0 bridgehead atoms. The topological polar surface area (TPSA) is 133 Å². The molecule has 0 saturated heterocycles. The van der Waals surface area contributed by atoms with Gasteiger partial charge in [-0.2, -0.15) is 14.9 Å². The molecular formula is C27H28N6O4. The molecule has 5 rings (SSSR count). The summed E-state index contributed by atoms with van der Waals surface area (Å²) in [5, 5.41) is 27.4. The second kappa shape index (κ2) is 9.24. The van der Waals surface area contributed by atoms with Crippen LogP contribution >= 0.6 is 0 Å². The van der Waals surface area contributed by atoms with E-state index in [0.29, 0.717) is 42.0 Å². The summed E-state index contributed by atoms with van der Waals surface area (Å²) >= 11 is 0. The largest absolute Gasteiger partial charge is 0.494 e. The van der Waals surface area contributed by atoms with Crippen molar-refractivity contribution in [2.45, 2.75) is 52.6 Å². The first kappa shape index (κ1) is 24.3. The second-order valence-corrected chi connectivity index (χ2v) is 10.0. The van der Waals surface area contributed by atoms with Crippen LogP contribution in [0.25, 0.3) is 11.7 Å². The highest BCUT2D eigenvalue weighted by atomic mass is 16.3. The lowest BCUT2D eigenvalue weighted by Gasteiger charge is -2.17. The van der Waals surface area contributed by atoms with Crippen LogP contribution in [0.4, 0.5) is 5.69 Å². The Bertz CT molecular complexity index is 1570. The van der Waals surface area contributed by atoms with Gasteiger partial charge in [-0.1, -0.05) is 13.8 Å². The molecular weight excluding hydrogens is 472 g/mol. The molecule has 2 aliphatic rings. The number of anilines is 1. The number of rotatable bonds is 6. The number of benzene rings is 1. The minimum atomic E-state index is -0.707. The van der Waals surface area contributed by atoms with Gasteiger partial charge in [-0.05, 0) is 61.9 Å². The number of aromatic hydroxyl groups is 1. The highest BCUT2D eigenvalue weighted by Gasteiger charge is 2.30. The summed E-state index contributed by atoms with van der Waals surface area (Å²) in [6, 6.07) is 7.40. The average molecular weight is 501 g/mol. The van der Waals surface area contributed by atoms with E-state index in [1.165, 1.54) is 10.6 Å². The van der Waals surface area contributed by atoms with Crippen molar-refractivity contribution < 1.29 is 14.7 Å². The number of carbonyl (C=O) groups is 2. The fraction of sp³-hybridized carbons (Fsp3) is 0.370. The molecule has 0 spiro atoms. The first-order valence-corrected chi connectivity index (χ1v) is 12.4. The van der Waals surface area contributed by atoms with Crippen LogP contribution in [-0.4, -0.2) is 43.7 Å². The summed E-state index contributed by atoms with van der Waals surface area (Å²) in [5.74, 6) is -1.18. The molecule has 0 atom stereocenters. The number of amides is 2. The number of fused-ring (bicyclic) bond motifs is 2. The van der Waals surface area contributed by atoms with Gasteiger partial charge in [-0.15, -0.1) is 0 Å². The molecule has 190 valence electrons. The molecule has 37 heavy (non-hydrogen) atoms. The van der Waals surface area contributed by atoms with Gasteiger partial charge in [0, 0.05) is 36.5 Å². The van der Waals surface area contributed by atoms with Gasteiger partial charge < -0.3 is 15.3 Å². The molecule has 1 aliphatic carbocycles. The molecule has 10 nitrogen and oxygen atoms in total. The summed E-state index contributed by atoms with van der Waals surface area (Å²) in [7, 11) is 0. The van der Waals surface area contributed by atoms with E-state index in [9.17, 15) is 19.5 Å². The maximum atomic E-state index is 13.3. The molecule has 0 radical (unpaired) electrons. The molecule has 2 N–H and O–H groups in total. The van der Waals surface area contributed by atoms with Crippen molar-refractivity contribution >= 4 is 29.2 Å². The highest BCUT2D eigenvalue weighted by molar-refractivity contribution is 6.05. The number of nitriles is 1. The van der Waals surface area contributed by atoms with Gasteiger partial charge in [0.1, 0.15) is 5.65 Å². The molecule has 2 amide bonds. The van der Waals surface area contributed by atoms with Gasteiger partial charge in [0.05, 0.1) is 17.3 Å². The van der Waals surface area contributed by atoms with Crippen LogP contribution in [-0.2, 0) is 17.8 Å². The molecule has 1 saturated carbocycles. The summed E-state index contributed by atoms with van der Waals surface area (Å²) in [5.41, 5.74) is 2.54. The van der Waals surface area contributed by atoms with Gasteiger partial charge in [0.2, 0.25) is 5.88 Å². The van der Waals surface area contributed by atoms with Gasteiger partial charge >= 0.3 is 0 Å². The predicted octanol–water partition coefficient (Wildman–Crippen LogP) is 2.53. The Hall–Kier alpha value is -4.39. The number of hydrogen-bond acceptors (Lipinski definition) is 6. The molecule has 1 fully saturated rings. The lowest BCUT2D eigenvalue weighted by atomic mass is 10.1. The minimum absolute atomic E-state index is 0.0200. The quantitative estimate of drug-likeness (QED) is 0.500. The molecule has 10 heteroatoms. The van der Waals surface area contributed by atoms with E-state index < -0.39 is 17.3 Å². The van der Waals surface area contributed by atoms with E-state index >= 15 is 0 Å². The van der Waals surface area contributed by atoms with Gasteiger partial charge in [0.25, 0.3) is 17.4 Å². The second-order valence-electron chi connectivity index (χ2n) is 10.0. The first-order valence-electron chi connectivity index (χ1n) is 12.4. The van der Waals surface area contributed by atoms with Crippen LogP contribution in [0.1, 0.15) is 59.4 Å². The lowest BCUT2D eigenvalue weighted by molar-refractivity contribution is -0.114. The van der Waals surface area contributed by atoms with Crippen LogP contribution in [0.5, 0.6) is 5.88 Å². The van der Waals surface area contributed by atoms with Crippen molar-refractivity contribution in [3.63, 3.8) is 0 Å². The molecule has 2 aromatic heterocycles. The van der Waals surface area contributed by atoms with E-state index in [2.05, 4.69) is 16.5 Å². The SMILES string of the molecule is Cc1nn2c(=O)c(C(=O)NC3CC3)c(O)n(CC(C)C)c2c1/C=C/C(=O)N1CCc2cc(C#N)ccc21. The fourth-order valence-electron chi connectivity index (χ4n) is 4.73. The van der Waals surface area contributed by atoms with Gasteiger partial charge in [-0.25, -0.2) is 0 Å². The van der Waals surface area contributed by atoms with Gasteiger partial charge in [-0.3, -0.25) is 19.0 Å². The van der Waals surface area contributed by atoms with Crippen LogP contribution in [0.3, 0.4) is 0 Å². The van der Waals surface area contributed by atoms with Crippen LogP contribution in [0.2, 0.25) is 0 Å². The van der Waals surface area contributed by atoms with E-state index in [4.69, 9.17) is 5.26 Å². The van der Waals surface area contributed by atoms with Crippen molar-refractivity contribution in [2.24, 2.45) is 5.92 Å². The fourth-order valence-corrected chi connectivity index (χ4v) is 4.73. The molecule has 3 aromatic rings. The van der Waals surface area contributed by atoms with E-state index in [1.807, 2.05) is 13.8 Å². The number of nitrogens with zero attached hydrogens (tertiary/aromatic N) is 5. The number of aromatic nitrogens is 3. The maximum Gasteiger partial charge on any atom is 0.291 e. The normalized spacial score (nSPS) is 14.9. The summed E-state index contributed by atoms with van der Waals surface area (Å²) in [6.45, 7) is 6.47. The van der Waals surface area contributed by atoms with Gasteiger partial charge in [0.15, 0.2) is 5.56 Å². The third-order valence-corrected chi connectivity index (χ3v) is 6.67. The zero-order valence-electron chi connectivity index (χ0n) is 21.0. The smallest absolute Gasteiger partial charge is 0.291 e. The number of hydrogen-bond donors (Lipinski definition) is 2. The zero-order chi connectivity index (χ0) is 26.4. The Morgan fingerprint density at radius 2 is 2.08 bits per heavy atom. The van der Waals surface area contributed by atoms with Crippen molar-refractivity contribution in [2.75, 3.05) is 11.4 Å². The highest BCUT2D eigenvalue weighted by Crippen LogP contribution is 2.30. The Morgan fingerprint density at radius 1 is 1.32 bits per heavy atom. The standard InChI is InChI=1S/C27H28N6O4/c1-15(2)14-32-25-20(7-9-22(34)31-11-10-18-12-17(13-28)4-8-21(18)31)16(3)30-33(25)27(37)23(26(32)36)24(35)29-19-5-6-19/h4,7-9,12,15,19,36H,5-6,10-11,14H2,1-3H3,(H,29,35)/b9-7+. The number of carbonyl (C=O) groups excluding carboxylic acids is 2. The molecule has 0 unspecified atom stereocenters. The third kappa shape index (κ3) is 4.37. The monoisotopic (exact) mass is 500 g/mol. The Kier molecular flexibility index (Phi) is 6.07. The summed E-state index contributed by atoms with van der Waals surface area (Å²) in [6.07, 6.45) is 5.38. The average Bonchev–Trinajstić information content (AvgIpc) is 3.46. The van der Waals surface area contributed by atoms with E-state index in [1.54, 1.807) is 36.1 Å². The predicted molar refractivity (Wildman–Crippen MR) is 137 cm³/mol. The Labute approximate surface area is 213 Å². The number of aryl methyl sites for hydroxylation is 1. The van der Waals surface area contributed by atoms with Crippen LogP contribution in [0, 0.1) is 24.2 Å². The van der Waals surface area contributed by atoms with E-state index in [0.717, 1.165) is 28.6 Å². The van der Waals surface area contributed by atoms with Crippen molar-refractivity contribution in [3.05, 3.63) is 62.6 Å². The molecule has 1 aliphatic heterocycles. The molecule has 3 heterocycles. The van der Waals surface area contributed by atoms with Crippen molar-refractivity contribution in [3.8, 4) is 11.9 Å². The van der Waals surface area contributed by atoms with Crippen molar-refractivity contribution in [1.82, 2.24) is 19.5 Å². The first-order chi connectivity index (χ1) is 17.7. The molecule has 1 aromatic carbocycles. The summed E-state index contributed by atoms with van der Waals surface area (Å²) < 4.78 is 2.66. The maximum absolute atomic E-state index is 13.3. The van der Waals surface area contributed by atoms with Crippen molar-refractivity contribution in [1.29, 1.82) is 5.26 Å². The Balaban J connectivity index is 1.56. The minimum Gasteiger partial charge on any atom is -0.494 e. The lowest BCUT2D eigenvalue weighted by Crippen LogP contribution is -2.34. The third-order valence-electron chi connectivity index (χ3n) is 6.67. The van der Waals surface area contributed by atoms with Crippen LogP contribution < -0.4 is 15.8 Å². The van der Waals surface area contributed by atoms with E-state index in [-0.39, 0.29) is 23.4 Å².